The van der Waals surface area contributed by atoms with Crippen molar-refractivity contribution in [3.8, 4) is 0 Å². The monoisotopic (exact) mass is 234 g/mol. The normalized spacial score (nSPS) is 14.9. The van der Waals surface area contributed by atoms with E-state index in [0.717, 1.165) is 0 Å². The first-order valence-corrected chi connectivity index (χ1v) is 4.46. The number of methoxy groups -OCH3 is 1. The van der Waals surface area contributed by atoms with Gasteiger partial charge in [-0.2, -0.15) is 0 Å². The van der Waals surface area contributed by atoms with Crippen molar-refractivity contribution in [3.63, 3.8) is 0 Å². The van der Waals surface area contributed by atoms with Crippen LogP contribution in [0, 0.1) is 5.41 Å². The maximum absolute atomic E-state index is 11.1. The molecule has 0 aliphatic heterocycles. The summed E-state index contributed by atoms with van der Waals surface area (Å²) in [5.41, 5.74) is -0.702. The summed E-state index contributed by atoms with van der Waals surface area (Å²) in [6.07, 6.45) is 1.28. The molecule has 0 bridgehead atoms. The molecule has 0 unspecified atom stereocenters. The molecule has 1 fully saturated rings. The number of ether oxygens (including phenoxy) is 3. The second-order valence-corrected chi connectivity index (χ2v) is 3.08. The molecule has 0 saturated heterocycles. The quantitative estimate of drug-likeness (QED) is 0.278. The van der Waals surface area contributed by atoms with Gasteiger partial charge >= 0.3 is 5.97 Å². The molecule has 1 N–H and O–H groups in total. The largest absolute Gasteiger partial charge is 0.471 e. The number of aliphatic hydroxyl groups is 1. The zero-order valence-electron chi connectivity index (χ0n) is 8.88. The van der Waals surface area contributed by atoms with E-state index in [0.29, 0.717) is 19.3 Å². The van der Waals surface area contributed by atoms with Gasteiger partial charge in [-0.3, -0.25) is 14.4 Å². The van der Waals surface area contributed by atoms with Gasteiger partial charge in [0.15, 0.2) is 0 Å². The Morgan fingerprint density at radius 2 is 1.94 bits per heavy atom. The van der Waals surface area contributed by atoms with Crippen LogP contribution in [0.2, 0.25) is 0 Å². The molecule has 7 nitrogen and oxygen atoms in total. The lowest BCUT2D eigenvalue weighted by atomic mass is 10.1. The number of hydrogen-bond acceptors (Lipinski definition) is 7. The van der Waals surface area contributed by atoms with Gasteiger partial charge in [-0.25, -0.2) is 0 Å². The van der Waals surface area contributed by atoms with E-state index < -0.39 is 11.4 Å². The maximum Gasteiger partial charge on any atom is 0.317 e. The average molecular weight is 234 g/mol. The smallest absolute Gasteiger partial charge is 0.317 e. The van der Waals surface area contributed by atoms with Crippen LogP contribution in [0.15, 0.2) is 0 Å². The summed E-state index contributed by atoms with van der Waals surface area (Å²) in [5, 5.41) is 8.77. The summed E-state index contributed by atoms with van der Waals surface area (Å²) in [7, 11) is 1.31. The zero-order chi connectivity index (χ0) is 12.4. The first kappa shape index (κ1) is 14.4. The van der Waals surface area contributed by atoms with Crippen molar-refractivity contribution < 1.29 is 33.7 Å². The van der Waals surface area contributed by atoms with Crippen molar-refractivity contribution in [3.05, 3.63) is 0 Å². The Labute approximate surface area is 92.3 Å². The Kier molecular flexibility index (Phi) is 6.86. The summed E-state index contributed by atoms with van der Waals surface area (Å²) in [4.78, 5) is 29.7. The molecule has 92 valence electrons. The van der Waals surface area contributed by atoms with Crippen LogP contribution in [0.1, 0.15) is 12.8 Å². The van der Waals surface area contributed by atoms with E-state index in [1.807, 2.05) is 0 Å². The third-order valence-corrected chi connectivity index (χ3v) is 2.01. The number of aliphatic hydroxyl groups excluding tert-OH is 1. The molecule has 1 aliphatic rings. The maximum atomic E-state index is 11.1. The first-order chi connectivity index (χ1) is 7.66. The zero-order valence-corrected chi connectivity index (χ0v) is 8.88. The molecule has 0 heterocycles. The highest BCUT2D eigenvalue weighted by Crippen LogP contribution is 2.46. The van der Waals surface area contributed by atoms with Crippen molar-refractivity contribution in [1.29, 1.82) is 0 Å². The van der Waals surface area contributed by atoms with E-state index in [1.165, 1.54) is 7.11 Å². The van der Waals surface area contributed by atoms with Crippen LogP contribution in [-0.4, -0.2) is 44.5 Å². The van der Waals surface area contributed by atoms with Crippen LogP contribution in [-0.2, 0) is 28.6 Å². The standard InChI is InChI=1S/C7H10O5.C2H4O2/c8-3-7(1-2-7)6(10)12-5-11-4-9;1-4-2-3/h4,8H,1-3,5H2;2H,1H3. The van der Waals surface area contributed by atoms with Crippen molar-refractivity contribution in [2.45, 2.75) is 12.8 Å². The van der Waals surface area contributed by atoms with Gasteiger partial charge in [-0.15, -0.1) is 0 Å². The van der Waals surface area contributed by atoms with Crippen LogP contribution in [0.5, 0.6) is 0 Å². The molecule has 16 heavy (non-hydrogen) atoms. The van der Waals surface area contributed by atoms with Crippen LogP contribution in [0.4, 0.5) is 0 Å². The molecule has 7 heteroatoms. The predicted molar refractivity (Wildman–Crippen MR) is 49.9 cm³/mol. The fraction of sp³-hybridized carbons (Fsp3) is 0.667. The van der Waals surface area contributed by atoms with Crippen LogP contribution in [0.3, 0.4) is 0 Å². The van der Waals surface area contributed by atoms with E-state index in [9.17, 15) is 9.59 Å². The minimum Gasteiger partial charge on any atom is -0.471 e. The lowest BCUT2D eigenvalue weighted by Crippen LogP contribution is -2.23. The van der Waals surface area contributed by atoms with Crippen LogP contribution in [0.25, 0.3) is 0 Å². The molecule has 0 radical (unpaired) electrons. The number of rotatable bonds is 6. The lowest BCUT2D eigenvalue weighted by Gasteiger charge is -2.09. The van der Waals surface area contributed by atoms with Gasteiger partial charge in [0.25, 0.3) is 12.9 Å². The fourth-order valence-electron chi connectivity index (χ4n) is 0.846. The lowest BCUT2D eigenvalue weighted by molar-refractivity contribution is -0.166. The average Bonchev–Trinajstić information content (AvgIpc) is 3.10. The molecule has 1 rings (SSSR count). The molecule has 1 saturated carbocycles. The molecule has 0 amide bonds. The first-order valence-electron chi connectivity index (χ1n) is 4.46. The van der Waals surface area contributed by atoms with E-state index >= 15 is 0 Å². The second kappa shape index (κ2) is 7.63. The fourth-order valence-corrected chi connectivity index (χ4v) is 0.846. The van der Waals surface area contributed by atoms with Gasteiger partial charge in [0, 0.05) is 0 Å². The number of carbonyl (C=O) groups is 3. The minimum absolute atomic E-state index is 0.200. The number of hydrogen-bond donors (Lipinski definition) is 1. The number of carbonyl (C=O) groups excluding carboxylic acids is 3. The summed E-state index contributed by atoms with van der Waals surface area (Å²) in [6, 6.07) is 0. The van der Waals surface area contributed by atoms with Gasteiger partial charge in [-0.1, -0.05) is 0 Å². The molecule has 0 atom stereocenters. The Balaban J connectivity index is 0.000000487. The van der Waals surface area contributed by atoms with Crippen LogP contribution >= 0.6 is 0 Å². The number of esters is 1. The molecule has 0 aromatic heterocycles. The van der Waals surface area contributed by atoms with E-state index in [4.69, 9.17) is 9.90 Å². The summed E-state index contributed by atoms with van der Waals surface area (Å²) in [5.74, 6) is -0.494. The van der Waals surface area contributed by atoms with Gasteiger partial charge in [0.1, 0.15) is 0 Å². The summed E-state index contributed by atoms with van der Waals surface area (Å²) in [6.45, 7) is 0.00278. The Bertz CT molecular complexity index is 234. The molecule has 0 spiro atoms. The predicted octanol–water partition coefficient (Wildman–Crippen LogP) is -0.778. The topological polar surface area (TPSA) is 99.1 Å². The van der Waals surface area contributed by atoms with Crippen molar-refractivity contribution in [2.75, 3.05) is 20.5 Å². The highest BCUT2D eigenvalue weighted by molar-refractivity contribution is 5.79. The van der Waals surface area contributed by atoms with E-state index in [-0.39, 0.29) is 19.9 Å². The van der Waals surface area contributed by atoms with Crippen molar-refractivity contribution in [1.82, 2.24) is 0 Å². The molecular weight excluding hydrogens is 220 g/mol. The second-order valence-electron chi connectivity index (χ2n) is 3.08. The summed E-state index contributed by atoms with van der Waals surface area (Å²) < 4.78 is 12.6. The van der Waals surface area contributed by atoms with Gasteiger partial charge in [-0.05, 0) is 12.8 Å². The van der Waals surface area contributed by atoms with Gasteiger partial charge in [0.05, 0.1) is 19.1 Å². The van der Waals surface area contributed by atoms with E-state index in [1.54, 1.807) is 0 Å². The molecule has 0 aromatic carbocycles. The van der Waals surface area contributed by atoms with Crippen LogP contribution < -0.4 is 0 Å². The third-order valence-electron chi connectivity index (χ3n) is 2.01. The summed E-state index contributed by atoms with van der Waals surface area (Å²) >= 11 is 0. The van der Waals surface area contributed by atoms with Crippen molar-refractivity contribution in [2.24, 2.45) is 5.41 Å². The van der Waals surface area contributed by atoms with E-state index in [2.05, 4.69) is 14.2 Å². The third kappa shape index (κ3) is 4.74. The molecular formula is C9H14O7. The molecule has 1 aliphatic carbocycles. The Morgan fingerprint density at radius 1 is 1.38 bits per heavy atom. The van der Waals surface area contributed by atoms with Gasteiger partial charge < -0.3 is 19.3 Å². The SMILES string of the molecule is COC=O.O=COCOC(=O)C1(CO)CC1. The van der Waals surface area contributed by atoms with Crippen molar-refractivity contribution >= 4 is 18.9 Å². The highest BCUT2D eigenvalue weighted by atomic mass is 16.7. The Hall–Kier alpha value is -1.63. The Morgan fingerprint density at radius 3 is 2.25 bits per heavy atom. The highest BCUT2D eigenvalue weighted by Gasteiger charge is 2.51. The van der Waals surface area contributed by atoms with Gasteiger partial charge in [0.2, 0.25) is 6.79 Å². The minimum atomic E-state index is -0.702. The molecule has 0 aromatic rings.